The normalized spacial score (nSPS) is 9.09. The van der Waals surface area contributed by atoms with Crippen molar-refractivity contribution >= 4 is 12.0 Å². The molecule has 0 spiro atoms. The van der Waals surface area contributed by atoms with Gasteiger partial charge in [0.25, 0.3) is 0 Å². The van der Waals surface area contributed by atoms with Gasteiger partial charge in [0.15, 0.2) is 0 Å². The number of anilines is 1. The Labute approximate surface area is 64.7 Å². The Kier molecular flexibility index (Phi) is 2.49. The van der Waals surface area contributed by atoms with E-state index in [0.717, 1.165) is 6.29 Å². The Bertz CT molecular complexity index is 248. The zero-order valence-electron chi connectivity index (χ0n) is 5.95. The van der Waals surface area contributed by atoms with Gasteiger partial charge in [-0.15, -0.1) is 0 Å². The number of carbonyl (C=O) groups is 1. The Morgan fingerprint density at radius 2 is 2.18 bits per heavy atom. The third-order valence-electron chi connectivity index (χ3n) is 1.28. The molecule has 2 N–H and O–H groups in total. The highest BCUT2D eigenvalue weighted by atomic mass is 16.3. The number of phenolic OH excluding ortho intramolecular Hbond substituents is 1. The summed E-state index contributed by atoms with van der Waals surface area (Å²) < 4.78 is 0. The van der Waals surface area contributed by atoms with Crippen LogP contribution in [0.25, 0.3) is 0 Å². The number of hydrogen-bond donors (Lipinski definition) is 2. The molecule has 0 aliphatic heterocycles. The lowest BCUT2D eigenvalue weighted by Crippen LogP contribution is -2.01. The molecule has 3 heteroatoms. The number of carbonyl (C=O) groups excluding carboxylic acids is 1. The number of phenols is 1. The van der Waals surface area contributed by atoms with Crippen molar-refractivity contribution in [3.63, 3.8) is 0 Å². The summed E-state index contributed by atoms with van der Waals surface area (Å²) in [5.41, 5.74) is 0.583. The van der Waals surface area contributed by atoms with Crippen LogP contribution in [0.3, 0.4) is 0 Å². The van der Waals surface area contributed by atoms with Crippen LogP contribution in [0.4, 0.5) is 5.69 Å². The maximum absolute atomic E-state index is 9.95. The standard InChI is InChI=1S/C8H9NO2/c10-6-5-9-7-3-1-2-4-8(7)11/h1-4,6,9,11H,5H2. The van der Waals surface area contributed by atoms with Crippen LogP contribution in [0, 0.1) is 0 Å². The van der Waals surface area contributed by atoms with E-state index in [1.54, 1.807) is 24.3 Å². The van der Waals surface area contributed by atoms with Gasteiger partial charge in [0.05, 0.1) is 12.2 Å². The van der Waals surface area contributed by atoms with Crippen molar-refractivity contribution in [1.29, 1.82) is 0 Å². The van der Waals surface area contributed by atoms with Gasteiger partial charge in [0.1, 0.15) is 12.0 Å². The topological polar surface area (TPSA) is 49.3 Å². The Balaban J connectivity index is 2.69. The fourth-order valence-corrected chi connectivity index (χ4v) is 0.775. The summed E-state index contributed by atoms with van der Waals surface area (Å²) in [5.74, 6) is 0.161. The Hall–Kier alpha value is -1.51. The average molecular weight is 151 g/mol. The molecular weight excluding hydrogens is 142 g/mol. The first kappa shape index (κ1) is 7.60. The van der Waals surface area contributed by atoms with Crippen molar-refractivity contribution in [1.82, 2.24) is 0 Å². The molecule has 0 fully saturated rings. The second kappa shape index (κ2) is 3.61. The zero-order valence-corrected chi connectivity index (χ0v) is 5.95. The fourth-order valence-electron chi connectivity index (χ4n) is 0.775. The predicted octanol–water partition coefficient (Wildman–Crippen LogP) is 1.00. The average Bonchev–Trinajstić information content (AvgIpc) is 2.03. The van der Waals surface area contributed by atoms with Crippen LogP contribution in [0.15, 0.2) is 24.3 Å². The molecular formula is C8H9NO2. The van der Waals surface area contributed by atoms with Crippen LogP contribution >= 0.6 is 0 Å². The third kappa shape index (κ3) is 1.97. The molecule has 11 heavy (non-hydrogen) atoms. The van der Waals surface area contributed by atoms with Crippen LogP contribution < -0.4 is 5.32 Å². The van der Waals surface area contributed by atoms with Gasteiger partial charge < -0.3 is 15.2 Å². The molecule has 0 atom stereocenters. The van der Waals surface area contributed by atoms with E-state index in [2.05, 4.69) is 5.32 Å². The van der Waals surface area contributed by atoms with E-state index < -0.39 is 0 Å². The summed E-state index contributed by atoms with van der Waals surface area (Å²) in [6, 6.07) is 6.78. The van der Waals surface area contributed by atoms with Crippen LogP contribution in [0.1, 0.15) is 0 Å². The van der Waals surface area contributed by atoms with Crippen LogP contribution in [0.5, 0.6) is 5.75 Å². The zero-order chi connectivity index (χ0) is 8.10. The number of aromatic hydroxyl groups is 1. The van der Waals surface area contributed by atoms with Crippen LogP contribution in [0.2, 0.25) is 0 Å². The minimum absolute atomic E-state index is 0.161. The molecule has 0 aliphatic rings. The van der Waals surface area contributed by atoms with Gasteiger partial charge in [-0.05, 0) is 12.1 Å². The molecule has 3 nitrogen and oxygen atoms in total. The van der Waals surface area contributed by atoms with Gasteiger partial charge in [-0.25, -0.2) is 0 Å². The highest BCUT2D eigenvalue weighted by Gasteiger charge is 1.95. The molecule has 0 amide bonds. The monoisotopic (exact) mass is 151 g/mol. The first-order valence-corrected chi connectivity index (χ1v) is 3.30. The molecule has 0 unspecified atom stereocenters. The minimum atomic E-state index is 0.161. The molecule has 58 valence electrons. The predicted molar refractivity (Wildman–Crippen MR) is 42.7 cm³/mol. The molecule has 0 radical (unpaired) electrons. The van der Waals surface area contributed by atoms with Crippen molar-refractivity contribution in [3.05, 3.63) is 24.3 Å². The van der Waals surface area contributed by atoms with E-state index in [0.29, 0.717) is 5.69 Å². The van der Waals surface area contributed by atoms with E-state index in [1.807, 2.05) is 0 Å². The highest BCUT2D eigenvalue weighted by Crippen LogP contribution is 2.20. The lowest BCUT2D eigenvalue weighted by molar-refractivity contribution is -0.106. The molecule has 0 bridgehead atoms. The van der Waals surface area contributed by atoms with E-state index in [1.165, 1.54) is 0 Å². The number of benzene rings is 1. The lowest BCUT2D eigenvalue weighted by Gasteiger charge is -2.02. The SMILES string of the molecule is O=CCNc1ccccc1O. The van der Waals surface area contributed by atoms with Gasteiger partial charge in [-0.2, -0.15) is 0 Å². The van der Waals surface area contributed by atoms with Crippen LogP contribution in [-0.4, -0.2) is 17.9 Å². The number of nitrogens with one attached hydrogen (secondary N) is 1. The van der Waals surface area contributed by atoms with Gasteiger partial charge in [-0.1, -0.05) is 12.1 Å². The molecule has 1 aromatic rings. The maximum atomic E-state index is 9.95. The van der Waals surface area contributed by atoms with E-state index in [9.17, 15) is 4.79 Å². The third-order valence-corrected chi connectivity index (χ3v) is 1.28. The highest BCUT2D eigenvalue weighted by molar-refractivity contribution is 5.63. The Morgan fingerprint density at radius 1 is 1.45 bits per heavy atom. The maximum Gasteiger partial charge on any atom is 0.139 e. The summed E-state index contributed by atoms with van der Waals surface area (Å²) >= 11 is 0. The first-order valence-electron chi connectivity index (χ1n) is 3.30. The summed E-state index contributed by atoms with van der Waals surface area (Å²) in [4.78, 5) is 9.95. The second-order valence-corrected chi connectivity index (χ2v) is 2.06. The minimum Gasteiger partial charge on any atom is -0.506 e. The number of para-hydroxylation sites is 2. The molecule has 1 aromatic carbocycles. The van der Waals surface area contributed by atoms with Crippen LogP contribution in [-0.2, 0) is 4.79 Å². The van der Waals surface area contributed by atoms with E-state index in [4.69, 9.17) is 5.11 Å². The quantitative estimate of drug-likeness (QED) is 0.500. The van der Waals surface area contributed by atoms with Crippen molar-refractivity contribution in [2.45, 2.75) is 0 Å². The summed E-state index contributed by atoms with van der Waals surface area (Å²) in [6.07, 6.45) is 0.742. The number of rotatable bonds is 3. The molecule has 0 heterocycles. The number of aldehydes is 1. The van der Waals surface area contributed by atoms with Gasteiger partial charge in [-0.3, -0.25) is 0 Å². The summed E-state index contributed by atoms with van der Waals surface area (Å²) in [6.45, 7) is 0.220. The lowest BCUT2D eigenvalue weighted by atomic mass is 10.3. The summed E-state index contributed by atoms with van der Waals surface area (Å²) in [7, 11) is 0. The van der Waals surface area contributed by atoms with Crippen molar-refractivity contribution in [2.24, 2.45) is 0 Å². The van der Waals surface area contributed by atoms with Crippen molar-refractivity contribution < 1.29 is 9.90 Å². The molecule has 0 saturated heterocycles. The van der Waals surface area contributed by atoms with E-state index in [-0.39, 0.29) is 12.3 Å². The molecule has 1 rings (SSSR count). The summed E-state index contributed by atoms with van der Waals surface area (Å²) in [5, 5.41) is 11.9. The molecule has 0 aromatic heterocycles. The van der Waals surface area contributed by atoms with Gasteiger partial charge in [0.2, 0.25) is 0 Å². The van der Waals surface area contributed by atoms with E-state index >= 15 is 0 Å². The fraction of sp³-hybridized carbons (Fsp3) is 0.125. The van der Waals surface area contributed by atoms with Crippen molar-refractivity contribution in [2.75, 3.05) is 11.9 Å². The van der Waals surface area contributed by atoms with Crippen molar-refractivity contribution in [3.8, 4) is 5.75 Å². The van der Waals surface area contributed by atoms with Gasteiger partial charge in [0, 0.05) is 0 Å². The molecule has 0 saturated carbocycles. The van der Waals surface area contributed by atoms with Gasteiger partial charge >= 0.3 is 0 Å². The second-order valence-electron chi connectivity index (χ2n) is 2.06. The largest absolute Gasteiger partial charge is 0.506 e. The smallest absolute Gasteiger partial charge is 0.139 e. The molecule has 0 aliphatic carbocycles. The number of hydrogen-bond acceptors (Lipinski definition) is 3. The Morgan fingerprint density at radius 3 is 2.82 bits per heavy atom. The first-order chi connectivity index (χ1) is 5.34.